The van der Waals surface area contributed by atoms with Gasteiger partial charge >= 0.3 is 0 Å². The largest absolute Gasteiger partial charge is 0.489 e. The number of ether oxygens (including phenoxy) is 2. The number of carbonyl (C=O) groups excluding carboxylic acids is 1. The zero-order chi connectivity index (χ0) is 19.6. The van der Waals surface area contributed by atoms with Gasteiger partial charge < -0.3 is 14.4 Å². The highest BCUT2D eigenvalue weighted by Gasteiger charge is 2.45. The van der Waals surface area contributed by atoms with Gasteiger partial charge in [0.25, 0.3) is 0 Å². The van der Waals surface area contributed by atoms with Crippen LogP contribution in [-0.4, -0.2) is 23.5 Å². The molecule has 3 aromatic carbocycles. The molecular weight excluding hydrogens is 362 g/mol. The number of carbonyl (C=O) groups is 1. The van der Waals surface area contributed by atoms with Crippen LogP contribution < -0.4 is 4.74 Å². The fraction of sp³-hybridized carbons (Fsp3) is 0.240. The lowest BCUT2D eigenvalue weighted by Crippen LogP contribution is -2.28. The molecule has 0 unspecified atom stereocenters. The van der Waals surface area contributed by atoms with Crippen molar-refractivity contribution in [3.63, 3.8) is 0 Å². The van der Waals surface area contributed by atoms with Crippen LogP contribution >= 0.6 is 0 Å². The van der Waals surface area contributed by atoms with Crippen LogP contribution in [0.3, 0.4) is 0 Å². The molecule has 0 spiro atoms. The first-order valence-electron chi connectivity index (χ1n) is 10.0. The summed E-state index contributed by atoms with van der Waals surface area (Å²) in [7, 11) is 0. The van der Waals surface area contributed by atoms with Crippen molar-refractivity contribution < 1.29 is 14.3 Å². The summed E-state index contributed by atoms with van der Waals surface area (Å²) in [4.78, 5) is 15.0. The molecule has 5 rings (SSSR count). The van der Waals surface area contributed by atoms with Gasteiger partial charge in [-0.05, 0) is 34.4 Å². The van der Waals surface area contributed by atoms with Crippen LogP contribution in [0.5, 0.6) is 5.75 Å². The Labute approximate surface area is 170 Å². The van der Waals surface area contributed by atoms with Gasteiger partial charge in [-0.3, -0.25) is 4.79 Å². The standard InChI is InChI=1S/C25H23NO3/c27-25-24-22-12-11-21(28-16-19-9-5-2-6-10-19)13-20(22)17-29-23(24)15-26(25)14-18-7-3-1-4-8-18/h1-13,23-24H,14-17H2/t23-,24-/m1/s1. The summed E-state index contributed by atoms with van der Waals surface area (Å²) in [5.41, 5.74) is 4.40. The predicted octanol–water partition coefficient (Wildman–Crippen LogP) is 4.29. The minimum Gasteiger partial charge on any atom is -0.489 e. The Hall–Kier alpha value is -3.11. The number of nitrogens with zero attached hydrogens (tertiary/aromatic N) is 1. The summed E-state index contributed by atoms with van der Waals surface area (Å²) in [6, 6.07) is 26.2. The van der Waals surface area contributed by atoms with Crippen LogP contribution in [0.4, 0.5) is 0 Å². The Morgan fingerprint density at radius 1 is 0.931 bits per heavy atom. The fourth-order valence-corrected chi connectivity index (χ4v) is 4.23. The van der Waals surface area contributed by atoms with Crippen LogP contribution in [0.1, 0.15) is 28.2 Å². The van der Waals surface area contributed by atoms with E-state index in [0.717, 1.165) is 28.0 Å². The van der Waals surface area contributed by atoms with E-state index in [1.807, 2.05) is 71.6 Å². The summed E-state index contributed by atoms with van der Waals surface area (Å²) in [6.07, 6.45) is -0.0743. The first-order chi connectivity index (χ1) is 14.3. The van der Waals surface area contributed by atoms with Crippen molar-refractivity contribution in [1.82, 2.24) is 4.90 Å². The van der Waals surface area contributed by atoms with Gasteiger partial charge in [-0.1, -0.05) is 66.7 Å². The Morgan fingerprint density at radius 2 is 1.66 bits per heavy atom. The third-order valence-corrected chi connectivity index (χ3v) is 5.72. The molecule has 0 aromatic heterocycles. The number of benzene rings is 3. The topological polar surface area (TPSA) is 38.8 Å². The zero-order valence-electron chi connectivity index (χ0n) is 16.2. The molecule has 0 saturated carbocycles. The summed E-state index contributed by atoms with van der Waals surface area (Å²) in [5, 5.41) is 0. The summed E-state index contributed by atoms with van der Waals surface area (Å²) >= 11 is 0. The number of rotatable bonds is 5. The third kappa shape index (κ3) is 3.64. The average molecular weight is 385 g/mol. The van der Waals surface area contributed by atoms with Crippen molar-refractivity contribution in [3.8, 4) is 5.75 Å². The second-order valence-corrected chi connectivity index (χ2v) is 7.67. The van der Waals surface area contributed by atoms with Crippen molar-refractivity contribution in [3.05, 3.63) is 101 Å². The quantitative estimate of drug-likeness (QED) is 0.658. The van der Waals surface area contributed by atoms with Crippen molar-refractivity contribution in [1.29, 1.82) is 0 Å². The van der Waals surface area contributed by atoms with Gasteiger partial charge in [0.2, 0.25) is 5.91 Å². The monoisotopic (exact) mass is 385 g/mol. The Kier molecular flexibility index (Phi) is 4.78. The molecule has 2 atom stereocenters. The minimum atomic E-state index is -0.217. The molecule has 146 valence electrons. The molecule has 3 aromatic rings. The Bertz CT molecular complexity index is 1000. The van der Waals surface area contributed by atoms with Crippen LogP contribution in [0.15, 0.2) is 78.9 Å². The Morgan fingerprint density at radius 3 is 2.41 bits per heavy atom. The molecule has 0 N–H and O–H groups in total. The lowest BCUT2D eigenvalue weighted by molar-refractivity contribution is -0.130. The molecule has 1 fully saturated rings. The van der Waals surface area contributed by atoms with Gasteiger partial charge in [0.05, 0.1) is 18.6 Å². The van der Waals surface area contributed by atoms with Gasteiger partial charge in [0, 0.05) is 13.1 Å². The second-order valence-electron chi connectivity index (χ2n) is 7.67. The molecule has 1 amide bonds. The summed E-state index contributed by atoms with van der Waals surface area (Å²) in [5.74, 6) is 0.740. The number of likely N-dealkylation sites (tertiary alicyclic amines) is 1. The molecule has 2 aliphatic heterocycles. The molecule has 0 bridgehead atoms. The molecule has 0 radical (unpaired) electrons. The van der Waals surface area contributed by atoms with Crippen LogP contribution in [0, 0.1) is 0 Å². The number of fused-ring (bicyclic) bond motifs is 3. The van der Waals surface area contributed by atoms with E-state index >= 15 is 0 Å². The number of hydrogen-bond acceptors (Lipinski definition) is 3. The third-order valence-electron chi connectivity index (χ3n) is 5.72. The number of hydrogen-bond donors (Lipinski definition) is 0. The van der Waals surface area contributed by atoms with E-state index < -0.39 is 0 Å². The highest BCUT2D eigenvalue weighted by atomic mass is 16.5. The summed E-state index contributed by atoms with van der Waals surface area (Å²) < 4.78 is 12.0. The molecule has 29 heavy (non-hydrogen) atoms. The zero-order valence-corrected chi connectivity index (χ0v) is 16.2. The van der Waals surface area contributed by atoms with Crippen molar-refractivity contribution in [2.45, 2.75) is 31.8 Å². The smallest absolute Gasteiger partial charge is 0.233 e. The molecule has 2 heterocycles. The highest BCUT2D eigenvalue weighted by molar-refractivity contribution is 5.87. The van der Waals surface area contributed by atoms with E-state index in [-0.39, 0.29) is 17.9 Å². The molecular formula is C25H23NO3. The molecule has 2 aliphatic rings. The van der Waals surface area contributed by atoms with E-state index in [4.69, 9.17) is 9.47 Å². The maximum atomic E-state index is 13.1. The van der Waals surface area contributed by atoms with E-state index in [1.165, 1.54) is 0 Å². The number of amides is 1. The van der Waals surface area contributed by atoms with Gasteiger partial charge in [-0.25, -0.2) is 0 Å². The van der Waals surface area contributed by atoms with Crippen molar-refractivity contribution >= 4 is 5.91 Å². The fourth-order valence-electron chi connectivity index (χ4n) is 4.23. The molecule has 1 saturated heterocycles. The maximum absolute atomic E-state index is 13.1. The highest BCUT2D eigenvalue weighted by Crippen LogP contribution is 2.39. The molecule has 4 heteroatoms. The minimum absolute atomic E-state index is 0.0743. The summed E-state index contributed by atoms with van der Waals surface area (Å²) in [6.45, 7) is 2.32. The second kappa shape index (κ2) is 7.72. The van der Waals surface area contributed by atoms with E-state index in [9.17, 15) is 4.79 Å². The lowest BCUT2D eigenvalue weighted by atomic mass is 9.89. The predicted molar refractivity (Wildman–Crippen MR) is 110 cm³/mol. The van der Waals surface area contributed by atoms with E-state index in [2.05, 4.69) is 12.1 Å². The first-order valence-corrected chi connectivity index (χ1v) is 10.0. The first kappa shape index (κ1) is 18.0. The SMILES string of the molecule is O=C1[C@@H]2c3ccc(OCc4ccccc4)cc3CO[C@@H]2CN1Cc1ccccc1. The van der Waals surface area contributed by atoms with Crippen LogP contribution in [0.2, 0.25) is 0 Å². The normalized spacial score (nSPS) is 20.3. The van der Waals surface area contributed by atoms with E-state index in [1.54, 1.807) is 0 Å². The average Bonchev–Trinajstić information content (AvgIpc) is 3.09. The van der Waals surface area contributed by atoms with Gasteiger partial charge in [0.1, 0.15) is 12.4 Å². The Balaban J connectivity index is 1.32. The van der Waals surface area contributed by atoms with E-state index in [0.29, 0.717) is 26.3 Å². The van der Waals surface area contributed by atoms with Crippen molar-refractivity contribution in [2.75, 3.05) is 6.54 Å². The van der Waals surface area contributed by atoms with Crippen LogP contribution in [-0.2, 0) is 29.3 Å². The van der Waals surface area contributed by atoms with Gasteiger partial charge in [0.15, 0.2) is 0 Å². The molecule has 4 nitrogen and oxygen atoms in total. The van der Waals surface area contributed by atoms with Crippen molar-refractivity contribution in [2.24, 2.45) is 0 Å². The molecule has 0 aliphatic carbocycles. The van der Waals surface area contributed by atoms with Gasteiger partial charge in [-0.2, -0.15) is 0 Å². The lowest BCUT2D eigenvalue weighted by Gasteiger charge is -2.26. The van der Waals surface area contributed by atoms with Gasteiger partial charge in [-0.15, -0.1) is 0 Å². The van der Waals surface area contributed by atoms with Crippen LogP contribution in [0.25, 0.3) is 0 Å². The maximum Gasteiger partial charge on any atom is 0.233 e.